The number of rotatable bonds is 11. The summed E-state index contributed by atoms with van der Waals surface area (Å²) in [6, 6.07) is 15.9. The second kappa shape index (κ2) is 11.6. The maximum atomic E-state index is 10.3. The molecule has 0 saturated carbocycles. The lowest BCUT2D eigenvalue weighted by Crippen LogP contribution is -2.32. The number of unbranched alkanes of at least 4 members (excludes halogenated alkanes) is 2. The molecule has 0 radical (unpaired) electrons. The molecule has 5 heteroatoms. The molecule has 3 nitrogen and oxygen atoms in total. The van der Waals surface area contributed by atoms with Gasteiger partial charge < -0.3 is 9.84 Å². The molecular weight excluding hydrogens is 494 g/mol. The molecule has 2 aromatic carbocycles. The number of hydrogen-bond donors (Lipinski definition) is 1. The molecule has 0 aromatic heterocycles. The molecule has 2 aliphatic rings. The predicted octanol–water partition coefficient (Wildman–Crippen LogP) is 8.10. The molecule has 180 valence electrons. The van der Waals surface area contributed by atoms with Crippen LogP contribution in [0.5, 0.6) is 5.75 Å². The molecule has 4 rings (SSSR count). The van der Waals surface area contributed by atoms with Crippen molar-refractivity contribution in [2.75, 3.05) is 6.73 Å². The van der Waals surface area contributed by atoms with E-state index in [1.54, 1.807) is 0 Å². The van der Waals surface area contributed by atoms with Gasteiger partial charge >= 0.3 is 0 Å². The Balaban J connectivity index is 1.45. The molecule has 0 spiro atoms. The van der Waals surface area contributed by atoms with E-state index in [-0.39, 0.29) is 17.7 Å². The van der Waals surface area contributed by atoms with Crippen molar-refractivity contribution in [3.05, 3.63) is 58.1 Å². The van der Waals surface area contributed by atoms with Crippen molar-refractivity contribution in [1.29, 1.82) is 0 Å². The third-order valence-corrected chi connectivity index (χ3v) is 9.45. The Morgan fingerprint density at radius 2 is 1.85 bits per heavy atom. The van der Waals surface area contributed by atoms with E-state index in [2.05, 4.69) is 77.1 Å². The van der Waals surface area contributed by atoms with Crippen LogP contribution >= 0.6 is 27.7 Å². The number of aliphatic hydroxyl groups excluding tert-OH is 1. The van der Waals surface area contributed by atoms with Crippen LogP contribution in [0.25, 0.3) is 0 Å². The number of hydrogen-bond acceptors (Lipinski definition) is 4. The van der Waals surface area contributed by atoms with Crippen molar-refractivity contribution in [3.8, 4) is 5.75 Å². The van der Waals surface area contributed by atoms with Crippen LogP contribution in [0.15, 0.2) is 51.8 Å². The second-order valence-corrected chi connectivity index (χ2v) is 11.8. The summed E-state index contributed by atoms with van der Waals surface area (Å²) in [5.74, 6) is 1.05. The first kappa shape index (κ1) is 25.1. The summed E-state index contributed by atoms with van der Waals surface area (Å²) in [5.41, 5.74) is 2.67. The standard InChI is InChI=1S/C28H38BrNO2S/c1-3-5-17-28(18-6-4-2)32-26-16-12-22(19-27(26)33-28)25-15-14-23(30(25)20-31)13-11-21-9-7-8-10-24(21)29/h7-10,12,16,19,23,25,31H,3-6,11,13-15,17-18,20H2,1-2H3. The van der Waals surface area contributed by atoms with Crippen molar-refractivity contribution in [1.82, 2.24) is 4.90 Å². The van der Waals surface area contributed by atoms with Crippen LogP contribution in [0.1, 0.15) is 88.8 Å². The average molecular weight is 533 g/mol. The van der Waals surface area contributed by atoms with Gasteiger partial charge in [0.05, 0.1) is 11.6 Å². The number of nitrogens with zero attached hydrogens (tertiary/aromatic N) is 1. The molecule has 1 fully saturated rings. The average Bonchev–Trinajstić information content (AvgIpc) is 3.41. The van der Waals surface area contributed by atoms with Gasteiger partial charge in [-0.15, -0.1) is 0 Å². The number of fused-ring (bicyclic) bond motifs is 1. The molecular formula is C28H38BrNO2S. The minimum Gasteiger partial charge on any atom is -0.475 e. The Kier molecular flexibility index (Phi) is 8.83. The van der Waals surface area contributed by atoms with Crippen LogP contribution in [0.4, 0.5) is 0 Å². The van der Waals surface area contributed by atoms with Gasteiger partial charge in [0.25, 0.3) is 0 Å². The summed E-state index contributed by atoms with van der Waals surface area (Å²) < 4.78 is 7.77. The molecule has 2 atom stereocenters. The Morgan fingerprint density at radius 3 is 2.55 bits per heavy atom. The lowest BCUT2D eigenvalue weighted by atomic mass is 10.0. The number of ether oxygens (including phenoxy) is 1. The first-order valence-corrected chi connectivity index (χ1v) is 14.3. The normalized spacial score (nSPS) is 21.8. The number of likely N-dealkylation sites (tertiary alicyclic amines) is 1. The molecule has 1 N–H and O–H groups in total. The van der Waals surface area contributed by atoms with Crippen molar-refractivity contribution < 1.29 is 9.84 Å². The van der Waals surface area contributed by atoms with Crippen molar-refractivity contribution in [2.45, 2.75) is 100.0 Å². The fourth-order valence-electron chi connectivity index (χ4n) is 5.38. The number of aliphatic hydroxyl groups is 1. The van der Waals surface area contributed by atoms with Crippen LogP contribution in [0.3, 0.4) is 0 Å². The van der Waals surface area contributed by atoms with Gasteiger partial charge in [-0.1, -0.05) is 78.6 Å². The molecule has 1 saturated heterocycles. The molecule has 0 aliphatic carbocycles. The fourth-order valence-corrected chi connectivity index (χ4v) is 7.29. The highest BCUT2D eigenvalue weighted by atomic mass is 79.9. The van der Waals surface area contributed by atoms with Gasteiger partial charge in [0, 0.05) is 16.6 Å². The third-order valence-electron chi connectivity index (χ3n) is 7.28. The first-order valence-electron chi connectivity index (χ1n) is 12.7. The van der Waals surface area contributed by atoms with E-state index in [1.807, 2.05) is 11.8 Å². The van der Waals surface area contributed by atoms with Crippen molar-refractivity contribution in [3.63, 3.8) is 0 Å². The quantitative estimate of drug-likeness (QED) is 0.317. The number of thioether (sulfide) groups is 1. The van der Waals surface area contributed by atoms with E-state index in [4.69, 9.17) is 4.74 Å². The van der Waals surface area contributed by atoms with Gasteiger partial charge in [0.1, 0.15) is 5.75 Å². The van der Waals surface area contributed by atoms with E-state index >= 15 is 0 Å². The molecule has 2 unspecified atom stereocenters. The van der Waals surface area contributed by atoms with Crippen LogP contribution in [0.2, 0.25) is 0 Å². The van der Waals surface area contributed by atoms with Gasteiger partial charge in [-0.3, -0.25) is 4.90 Å². The summed E-state index contributed by atoms with van der Waals surface area (Å²) in [7, 11) is 0. The maximum absolute atomic E-state index is 10.3. The summed E-state index contributed by atoms with van der Waals surface area (Å²) >= 11 is 5.63. The van der Waals surface area contributed by atoms with Gasteiger partial charge in [-0.05, 0) is 80.7 Å². The molecule has 2 heterocycles. The highest BCUT2D eigenvalue weighted by Crippen LogP contribution is 2.53. The number of benzene rings is 2. The Morgan fingerprint density at radius 1 is 1.09 bits per heavy atom. The highest BCUT2D eigenvalue weighted by Gasteiger charge is 2.40. The molecule has 2 aromatic rings. The maximum Gasteiger partial charge on any atom is 0.159 e. The van der Waals surface area contributed by atoms with E-state index in [9.17, 15) is 5.11 Å². The highest BCUT2D eigenvalue weighted by molar-refractivity contribution is 9.10. The lowest BCUT2D eigenvalue weighted by Gasteiger charge is -2.28. The Labute approximate surface area is 212 Å². The van der Waals surface area contributed by atoms with E-state index in [0.29, 0.717) is 6.04 Å². The van der Waals surface area contributed by atoms with Gasteiger partial charge in [0.15, 0.2) is 4.93 Å². The Bertz CT molecular complexity index is 913. The monoisotopic (exact) mass is 531 g/mol. The molecule has 0 amide bonds. The van der Waals surface area contributed by atoms with Crippen LogP contribution in [-0.4, -0.2) is 27.7 Å². The first-order chi connectivity index (χ1) is 16.1. The molecule has 0 bridgehead atoms. The van der Waals surface area contributed by atoms with Crippen molar-refractivity contribution in [2.24, 2.45) is 0 Å². The fraction of sp³-hybridized carbons (Fsp3) is 0.571. The van der Waals surface area contributed by atoms with Crippen LogP contribution in [0, 0.1) is 0 Å². The SMILES string of the molecule is CCCCC1(CCCC)Oc2ccc(C3CCC(CCc4ccccc4Br)N3CO)cc2S1. The second-order valence-electron chi connectivity index (χ2n) is 9.56. The zero-order valence-corrected chi connectivity index (χ0v) is 22.5. The van der Waals surface area contributed by atoms with Crippen LogP contribution < -0.4 is 4.74 Å². The van der Waals surface area contributed by atoms with E-state index in [1.165, 1.54) is 46.2 Å². The lowest BCUT2D eigenvalue weighted by molar-refractivity contribution is 0.0595. The zero-order valence-electron chi connectivity index (χ0n) is 20.1. The molecule has 33 heavy (non-hydrogen) atoms. The van der Waals surface area contributed by atoms with Gasteiger partial charge in [0.2, 0.25) is 0 Å². The van der Waals surface area contributed by atoms with E-state index in [0.717, 1.165) is 44.3 Å². The largest absolute Gasteiger partial charge is 0.475 e. The Hall–Kier alpha value is -1.01. The number of halogens is 1. The van der Waals surface area contributed by atoms with Crippen molar-refractivity contribution >= 4 is 27.7 Å². The van der Waals surface area contributed by atoms with Gasteiger partial charge in [-0.2, -0.15) is 0 Å². The molecule has 2 aliphatic heterocycles. The number of aryl methyl sites for hydroxylation is 1. The zero-order chi connectivity index (χ0) is 23.3. The van der Waals surface area contributed by atoms with Gasteiger partial charge in [-0.25, -0.2) is 0 Å². The minimum atomic E-state index is -0.0923. The topological polar surface area (TPSA) is 32.7 Å². The third kappa shape index (κ3) is 5.80. The summed E-state index contributed by atoms with van der Waals surface area (Å²) in [5, 5.41) is 10.3. The summed E-state index contributed by atoms with van der Waals surface area (Å²) in [4.78, 5) is 3.50. The summed E-state index contributed by atoms with van der Waals surface area (Å²) in [6.07, 6.45) is 11.4. The predicted molar refractivity (Wildman–Crippen MR) is 142 cm³/mol. The summed E-state index contributed by atoms with van der Waals surface area (Å²) in [6.45, 7) is 4.63. The smallest absolute Gasteiger partial charge is 0.159 e. The minimum absolute atomic E-state index is 0.0923. The van der Waals surface area contributed by atoms with E-state index < -0.39 is 0 Å². The van der Waals surface area contributed by atoms with Crippen LogP contribution in [-0.2, 0) is 6.42 Å².